The van der Waals surface area contributed by atoms with Crippen LogP contribution >= 0.6 is 11.6 Å². The second-order valence-electron chi connectivity index (χ2n) is 6.31. The maximum absolute atomic E-state index is 12.4. The molecule has 2 heterocycles. The minimum absolute atomic E-state index is 0.164. The molecule has 0 aliphatic heterocycles. The molecule has 4 nitrogen and oxygen atoms in total. The van der Waals surface area contributed by atoms with Gasteiger partial charge in [0.2, 0.25) is 0 Å². The number of rotatable bonds is 5. The van der Waals surface area contributed by atoms with Crippen molar-refractivity contribution in [2.45, 2.75) is 6.42 Å². The number of hydrogen-bond donors (Lipinski definition) is 1. The van der Waals surface area contributed by atoms with Crippen LogP contribution in [0.5, 0.6) is 0 Å². The summed E-state index contributed by atoms with van der Waals surface area (Å²) in [5.74, 6) is -0.164. The molecule has 0 unspecified atom stereocenters. The third kappa shape index (κ3) is 4.01. The standard InChI is InChI=1S/C22H18ClN3O/c23-19-9-6-17(7-10-19)18-8-11-21-25-20(15-26(21)14-18)22(27)24-13-12-16-4-2-1-3-5-16/h1-11,14-15H,12-13H2,(H,24,27). The van der Waals surface area contributed by atoms with E-state index in [1.165, 1.54) is 5.56 Å². The molecule has 0 saturated heterocycles. The maximum Gasteiger partial charge on any atom is 0.271 e. The van der Waals surface area contributed by atoms with E-state index in [0.29, 0.717) is 17.3 Å². The minimum Gasteiger partial charge on any atom is -0.350 e. The maximum atomic E-state index is 12.4. The Morgan fingerprint density at radius 3 is 2.44 bits per heavy atom. The predicted molar refractivity (Wildman–Crippen MR) is 108 cm³/mol. The Hall–Kier alpha value is -3.11. The fraction of sp³-hybridized carbons (Fsp3) is 0.0909. The van der Waals surface area contributed by atoms with Gasteiger partial charge in [-0.2, -0.15) is 0 Å². The van der Waals surface area contributed by atoms with E-state index in [2.05, 4.69) is 22.4 Å². The van der Waals surface area contributed by atoms with Gasteiger partial charge in [0, 0.05) is 24.0 Å². The van der Waals surface area contributed by atoms with Crippen molar-refractivity contribution in [2.24, 2.45) is 0 Å². The van der Waals surface area contributed by atoms with Gasteiger partial charge >= 0.3 is 0 Å². The first kappa shape index (κ1) is 17.3. The van der Waals surface area contributed by atoms with Gasteiger partial charge < -0.3 is 9.72 Å². The number of fused-ring (bicyclic) bond motifs is 1. The number of aromatic nitrogens is 2. The molecule has 0 aliphatic rings. The highest BCUT2D eigenvalue weighted by Crippen LogP contribution is 2.22. The van der Waals surface area contributed by atoms with Crippen LogP contribution < -0.4 is 5.32 Å². The second-order valence-corrected chi connectivity index (χ2v) is 6.74. The van der Waals surface area contributed by atoms with E-state index >= 15 is 0 Å². The van der Waals surface area contributed by atoms with Crippen LogP contribution in [-0.2, 0) is 6.42 Å². The van der Waals surface area contributed by atoms with Crippen molar-refractivity contribution in [1.29, 1.82) is 0 Å². The van der Waals surface area contributed by atoms with Gasteiger partial charge in [-0.1, -0.05) is 54.1 Å². The summed E-state index contributed by atoms with van der Waals surface area (Å²) in [5.41, 5.74) is 4.44. The first-order chi connectivity index (χ1) is 13.2. The molecule has 5 heteroatoms. The Labute approximate surface area is 162 Å². The summed E-state index contributed by atoms with van der Waals surface area (Å²) < 4.78 is 1.87. The molecule has 0 saturated carbocycles. The predicted octanol–water partition coefficient (Wildman–Crippen LogP) is 4.63. The van der Waals surface area contributed by atoms with Crippen molar-refractivity contribution in [3.8, 4) is 11.1 Å². The third-order valence-corrected chi connectivity index (χ3v) is 4.66. The Balaban J connectivity index is 1.47. The first-order valence-corrected chi connectivity index (χ1v) is 9.14. The van der Waals surface area contributed by atoms with E-state index in [-0.39, 0.29) is 5.91 Å². The fourth-order valence-electron chi connectivity index (χ4n) is 2.97. The van der Waals surface area contributed by atoms with Gasteiger partial charge in [0.25, 0.3) is 5.91 Å². The zero-order chi connectivity index (χ0) is 18.6. The normalized spacial score (nSPS) is 10.9. The number of halogens is 1. The van der Waals surface area contributed by atoms with Crippen LogP contribution in [0.4, 0.5) is 0 Å². The number of imidazole rings is 1. The van der Waals surface area contributed by atoms with Gasteiger partial charge in [-0.15, -0.1) is 0 Å². The summed E-state index contributed by atoms with van der Waals surface area (Å²) in [4.78, 5) is 16.8. The lowest BCUT2D eigenvalue weighted by molar-refractivity contribution is 0.0950. The number of nitrogens with one attached hydrogen (secondary N) is 1. The average molecular weight is 376 g/mol. The molecule has 0 aliphatic carbocycles. The monoisotopic (exact) mass is 375 g/mol. The van der Waals surface area contributed by atoms with Gasteiger partial charge in [-0.05, 0) is 47.4 Å². The lowest BCUT2D eigenvalue weighted by atomic mass is 10.1. The van der Waals surface area contributed by atoms with Crippen molar-refractivity contribution >= 4 is 23.2 Å². The molecular weight excluding hydrogens is 358 g/mol. The summed E-state index contributed by atoms with van der Waals surface area (Å²) in [6.07, 6.45) is 4.51. The van der Waals surface area contributed by atoms with Crippen LogP contribution in [-0.4, -0.2) is 21.8 Å². The number of benzene rings is 2. The highest BCUT2D eigenvalue weighted by molar-refractivity contribution is 6.30. The Morgan fingerprint density at radius 2 is 1.67 bits per heavy atom. The Bertz CT molecular complexity index is 1070. The number of nitrogens with zero attached hydrogens (tertiary/aromatic N) is 2. The number of amides is 1. The van der Waals surface area contributed by atoms with Crippen molar-refractivity contribution in [3.05, 3.63) is 95.4 Å². The van der Waals surface area contributed by atoms with E-state index in [1.54, 1.807) is 6.20 Å². The molecule has 0 bridgehead atoms. The molecule has 2 aromatic carbocycles. The third-order valence-electron chi connectivity index (χ3n) is 4.40. The van der Waals surface area contributed by atoms with E-state index in [9.17, 15) is 4.79 Å². The zero-order valence-corrected chi connectivity index (χ0v) is 15.4. The smallest absolute Gasteiger partial charge is 0.271 e. The molecule has 1 amide bonds. The van der Waals surface area contributed by atoms with Crippen LogP contribution in [0.25, 0.3) is 16.8 Å². The molecule has 0 radical (unpaired) electrons. The SMILES string of the molecule is O=C(NCCc1ccccc1)c1cn2cc(-c3ccc(Cl)cc3)ccc2n1. The quantitative estimate of drug-likeness (QED) is 0.553. The lowest BCUT2D eigenvalue weighted by Crippen LogP contribution is -2.25. The number of hydrogen-bond acceptors (Lipinski definition) is 2. The number of carbonyl (C=O) groups is 1. The highest BCUT2D eigenvalue weighted by Gasteiger charge is 2.11. The van der Waals surface area contributed by atoms with Gasteiger partial charge in [-0.3, -0.25) is 4.79 Å². The Morgan fingerprint density at radius 1 is 0.926 bits per heavy atom. The van der Waals surface area contributed by atoms with Crippen LogP contribution in [0.1, 0.15) is 16.1 Å². The molecule has 0 fully saturated rings. The summed E-state index contributed by atoms with van der Waals surface area (Å²) in [7, 11) is 0. The topological polar surface area (TPSA) is 46.4 Å². The fourth-order valence-corrected chi connectivity index (χ4v) is 3.10. The summed E-state index contributed by atoms with van der Waals surface area (Å²) in [6, 6.07) is 21.6. The number of carbonyl (C=O) groups excluding carboxylic acids is 1. The van der Waals surface area contributed by atoms with Crippen molar-refractivity contribution in [3.63, 3.8) is 0 Å². The molecule has 2 aromatic heterocycles. The molecule has 0 atom stereocenters. The van der Waals surface area contributed by atoms with Crippen molar-refractivity contribution in [2.75, 3.05) is 6.54 Å². The number of pyridine rings is 1. The average Bonchev–Trinajstić information content (AvgIpc) is 3.13. The van der Waals surface area contributed by atoms with E-state index in [0.717, 1.165) is 23.2 Å². The first-order valence-electron chi connectivity index (χ1n) is 8.76. The van der Waals surface area contributed by atoms with Gasteiger partial charge in [-0.25, -0.2) is 4.98 Å². The van der Waals surface area contributed by atoms with Crippen LogP contribution in [0.15, 0.2) is 79.1 Å². The molecule has 134 valence electrons. The van der Waals surface area contributed by atoms with E-state index in [1.807, 2.05) is 65.2 Å². The van der Waals surface area contributed by atoms with Crippen LogP contribution in [0.2, 0.25) is 5.02 Å². The zero-order valence-electron chi connectivity index (χ0n) is 14.6. The van der Waals surface area contributed by atoms with Gasteiger partial charge in [0.15, 0.2) is 0 Å². The Kier molecular flexibility index (Phi) is 4.90. The van der Waals surface area contributed by atoms with Gasteiger partial charge in [0.05, 0.1) is 0 Å². The molecule has 0 spiro atoms. The molecule has 1 N–H and O–H groups in total. The summed E-state index contributed by atoms with van der Waals surface area (Å²) in [6.45, 7) is 0.576. The van der Waals surface area contributed by atoms with Crippen LogP contribution in [0, 0.1) is 0 Å². The van der Waals surface area contributed by atoms with Gasteiger partial charge in [0.1, 0.15) is 11.3 Å². The molecular formula is C22H18ClN3O. The summed E-state index contributed by atoms with van der Waals surface area (Å²) in [5, 5.41) is 3.64. The molecule has 27 heavy (non-hydrogen) atoms. The summed E-state index contributed by atoms with van der Waals surface area (Å²) >= 11 is 5.95. The highest BCUT2D eigenvalue weighted by atomic mass is 35.5. The molecule has 4 rings (SSSR count). The lowest BCUT2D eigenvalue weighted by Gasteiger charge is -2.03. The van der Waals surface area contributed by atoms with Crippen molar-refractivity contribution < 1.29 is 4.79 Å². The minimum atomic E-state index is -0.164. The van der Waals surface area contributed by atoms with Crippen LogP contribution in [0.3, 0.4) is 0 Å². The second kappa shape index (κ2) is 7.64. The molecule has 4 aromatic rings. The van der Waals surface area contributed by atoms with Crippen molar-refractivity contribution in [1.82, 2.24) is 14.7 Å². The van der Waals surface area contributed by atoms with E-state index < -0.39 is 0 Å². The van der Waals surface area contributed by atoms with E-state index in [4.69, 9.17) is 11.6 Å². The largest absolute Gasteiger partial charge is 0.350 e.